The lowest BCUT2D eigenvalue weighted by atomic mass is 10.1. The van der Waals surface area contributed by atoms with Crippen LogP contribution in [0.4, 0.5) is 18.9 Å². The molecule has 4 N–H and O–H groups in total. The first kappa shape index (κ1) is 21.7. The van der Waals surface area contributed by atoms with Crippen LogP contribution in [-0.2, 0) is 10.4 Å². The fraction of sp³-hybridized carbons (Fsp3) is 0.333. The average Bonchev–Trinajstić information content (AvgIpc) is 3.20. The minimum absolute atomic E-state index is 0.138. The minimum atomic E-state index is -1.66. The number of hydrogen-bond acceptors (Lipinski definition) is 4. The summed E-state index contributed by atoms with van der Waals surface area (Å²) in [6, 6.07) is 5.28. The van der Waals surface area contributed by atoms with Crippen LogP contribution in [0.2, 0.25) is 0 Å². The number of carbonyl (C=O) groups excluding carboxylic acids is 1. The molecule has 0 saturated carbocycles. The van der Waals surface area contributed by atoms with Crippen molar-refractivity contribution in [2.24, 2.45) is 4.99 Å². The van der Waals surface area contributed by atoms with Crippen molar-refractivity contribution in [1.29, 1.82) is 0 Å². The van der Waals surface area contributed by atoms with Gasteiger partial charge in [-0.25, -0.2) is 18.2 Å². The zero-order chi connectivity index (χ0) is 20.7. The van der Waals surface area contributed by atoms with E-state index in [9.17, 15) is 23.1 Å². The molecular weight excluding hydrogens is 393 g/mol. The van der Waals surface area contributed by atoms with E-state index in [1.54, 1.807) is 13.0 Å². The Morgan fingerprint density at radius 3 is 2.61 bits per heavy atom. The average molecular weight is 414 g/mol. The fourth-order valence-electron chi connectivity index (χ4n) is 2.23. The molecule has 0 spiro atoms. The second-order valence-electron chi connectivity index (χ2n) is 6.07. The highest BCUT2D eigenvalue weighted by atomic mass is 32.1. The maximum atomic E-state index is 13.6. The summed E-state index contributed by atoms with van der Waals surface area (Å²) < 4.78 is 39.8. The Morgan fingerprint density at radius 2 is 1.96 bits per heavy atom. The summed E-state index contributed by atoms with van der Waals surface area (Å²) in [6.07, 6.45) is 0. The quantitative estimate of drug-likeness (QED) is 0.319. The van der Waals surface area contributed by atoms with Crippen molar-refractivity contribution in [1.82, 2.24) is 10.6 Å². The molecule has 1 unspecified atom stereocenters. The van der Waals surface area contributed by atoms with Gasteiger partial charge < -0.3 is 21.1 Å². The summed E-state index contributed by atoms with van der Waals surface area (Å²) in [5.41, 5.74) is -1.61. The molecule has 2 aromatic rings. The Morgan fingerprint density at radius 1 is 1.21 bits per heavy atom. The highest BCUT2D eigenvalue weighted by molar-refractivity contribution is 7.10. The van der Waals surface area contributed by atoms with Gasteiger partial charge in [0.2, 0.25) is 5.91 Å². The number of benzene rings is 1. The number of aliphatic hydroxyl groups is 1. The van der Waals surface area contributed by atoms with Gasteiger partial charge in [0.05, 0.1) is 12.2 Å². The van der Waals surface area contributed by atoms with Gasteiger partial charge >= 0.3 is 0 Å². The van der Waals surface area contributed by atoms with Crippen molar-refractivity contribution in [2.75, 3.05) is 25.0 Å². The highest BCUT2D eigenvalue weighted by Gasteiger charge is 2.24. The first-order valence-electron chi connectivity index (χ1n) is 8.46. The summed E-state index contributed by atoms with van der Waals surface area (Å²) in [5.74, 6) is -4.93. The zero-order valence-corrected chi connectivity index (χ0v) is 16.2. The van der Waals surface area contributed by atoms with Gasteiger partial charge in [0.1, 0.15) is 12.1 Å². The molecule has 28 heavy (non-hydrogen) atoms. The number of hydrogen-bond donors (Lipinski definition) is 4. The monoisotopic (exact) mass is 414 g/mol. The SMILES string of the molecule is CCNC(=NCC(=O)Nc1ccc(F)c(F)c1F)NCC(C)(O)c1cccs1. The number of nitrogens with one attached hydrogen (secondary N) is 3. The number of rotatable bonds is 7. The summed E-state index contributed by atoms with van der Waals surface area (Å²) >= 11 is 1.41. The van der Waals surface area contributed by atoms with Crippen molar-refractivity contribution in [3.05, 3.63) is 52.0 Å². The van der Waals surface area contributed by atoms with Crippen LogP contribution < -0.4 is 16.0 Å². The first-order chi connectivity index (χ1) is 13.2. The van der Waals surface area contributed by atoms with Crippen molar-refractivity contribution in [3.63, 3.8) is 0 Å². The van der Waals surface area contributed by atoms with E-state index >= 15 is 0 Å². The number of nitrogens with zero attached hydrogens (tertiary/aromatic N) is 1. The molecule has 1 aromatic heterocycles. The van der Waals surface area contributed by atoms with Gasteiger partial charge in [0.15, 0.2) is 23.4 Å². The third-order valence-electron chi connectivity index (χ3n) is 3.69. The molecule has 0 aliphatic rings. The van der Waals surface area contributed by atoms with Crippen LogP contribution in [0, 0.1) is 17.5 Å². The molecule has 0 fully saturated rings. The summed E-state index contributed by atoms with van der Waals surface area (Å²) in [7, 11) is 0. The van der Waals surface area contributed by atoms with Gasteiger partial charge in [-0.15, -0.1) is 11.3 Å². The Kier molecular flexibility index (Phi) is 7.41. The van der Waals surface area contributed by atoms with Gasteiger partial charge in [-0.3, -0.25) is 4.79 Å². The van der Waals surface area contributed by atoms with Crippen LogP contribution in [0.5, 0.6) is 0 Å². The molecule has 0 bridgehead atoms. The van der Waals surface area contributed by atoms with Crippen LogP contribution in [0.1, 0.15) is 18.7 Å². The molecule has 2 rings (SSSR count). The van der Waals surface area contributed by atoms with Crippen molar-refractivity contribution >= 4 is 28.9 Å². The summed E-state index contributed by atoms with van der Waals surface area (Å²) in [6.45, 7) is 3.72. The van der Waals surface area contributed by atoms with E-state index in [-0.39, 0.29) is 12.5 Å². The van der Waals surface area contributed by atoms with Crippen molar-refractivity contribution in [3.8, 4) is 0 Å². The van der Waals surface area contributed by atoms with E-state index in [0.29, 0.717) is 6.54 Å². The number of carbonyl (C=O) groups is 1. The van der Waals surface area contributed by atoms with Crippen LogP contribution in [0.15, 0.2) is 34.6 Å². The maximum absolute atomic E-state index is 13.6. The number of aliphatic imine (C=N–C) groups is 1. The zero-order valence-electron chi connectivity index (χ0n) is 15.4. The molecule has 1 atom stereocenters. The van der Waals surface area contributed by atoms with Gasteiger partial charge in [-0.1, -0.05) is 6.07 Å². The first-order valence-corrected chi connectivity index (χ1v) is 9.34. The number of anilines is 1. The lowest BCUT2D eigenvalue weighted by molar-refractivity contribution is -0.114. The van der Waals surface area contributed by atoms with E-state index in [0.717, 1.165) is 17.0 Å². The van der Waals surface area contributed by atoms with Crippen molar-refractivity contribution < 1.29 is 23.1 Å². The molecule has 1 aromatic carbocycles. The second kappa shape index (κ2) is 9.56. The predicted octanol–water partition coefficient (Wildman–Crippen LogP) is 2.57. The van der Waals surface area contributed by atoms with Crippen LogP contribution in [0.3, 0.4) is 0 Å². The molecule has 152 valence electrons. The molecule has 10 heteroatoms. The van der Waals surface area contributed by atoms with E-state index in [1.807, 2.05) is 18.4 Å². The van der Waals surface area contributed by atoms with Gasteiger partial charge in [-0.05, 0) is 37.4 Å². The number of thiophene rings is 1. The summed E-state index contributed by atoms with van der Waals surface area (Å²) in [4.78, 5) is 16.8. The fourth-order valence-corrected chi connectivity index (χ4v) is 3.02. The van der Waals surface area contributed by atoms with Crippen LogP contribution >= 0.6 is 11.3 Å². The molecular formula is C18H21F3N4O2S. The smallest absolute Gasteiger partial charge is 0.246 e. The third-order valence-corrected chi connectivity index (χ3v) is 4.81. The molecule has 0 aliphatic heterocycles. The summed E-state index contributed by atoms with van der Waals surface area (Å²) in [5, 5.41) is 20.4. The topological polar surface area (TPSA) is 85.8 Å². The number of halogens is 3. The standard InChI is InChI=1S/C18H21F3N4O2S/c1-3-22-17(24-10-18(2,27)13-5-4-8-28-13)23-9-14(26)25-12-7-6-11(19)15(20)16(12)21/h4-8,27H,3,9-10H2,1-2H3,(H,25,26)(H2,22,23,24). The Labute approximate surface area is 164 Å². The largest absolute Gasteiger partial charge is 0.383 e. The molecule has 0 aliphatic carbocycles. The van der Waals surface area contributed by atoms with E-state index in [1.165, 1.54) is 11.3 Å². The van der Waals surface area contributed by atoms with Gasteiger partial charge in [0, 0.05) is 11.4 Å². The normalized spacial score (nSPS) is 13.7. The van der Waals surface area contributed by atoms with Crippen LogP contribution in [-0.4, -0.2) is 36.6 Å². The second-order valence-corrected chi connectivity index (χ2v) is 7.02. The van der Waals surface area contributed by atoms with Gasteiger partial charge in [0.25, 0.3) is 0 Å². The van der Waals surface area contributed by atoms with Crippen molar-refractivity contribution in [2.45, 2.75) is 19.4 Å². The van der Waals surface area contributed by atoms with E-state index in [2.05, 4.69) is 20.9 Å². The van der Waals surface area contributed by atoms with E-state index in [4.69, 9.17) is 0 Å². The van der Waals surface area contributed by atoms with Crippen LogP contribution in [0.25, 0.3) is 0 Å². The molecule has 0 radical (unpaired) electrons. The maximum Gasteiger partial charge on any atom is 0.246 e. The Bertz CT molecular complexity index is 842. The molecule has 6 nitrogen and oxygen atoms in total. The van der Waals surface area contributed by atoms with Gasteiger partial charge in [-0.2, -0.15) is 0 Å². The lowest BCUT2D eigenvalue weighted by Crippen LogP contribution is -2.44. The Balaban J connectivity index is 1.98. The Hall–Kier alpha value is -2.59. The molecule has 0 saturated heterocycles. The molecule has 1 heterocycles. The number of guanidine groups is 1. The number of amides is 1. The third kappa shape index (κ3) is 5.70. The predicted molar refractivity (Wildman–Crippen MR) is 103 cm³/mol. The van der Waals surface area contributed by atoms with E-state index < -0.39 is 41.2 Å². The minimum Gasteiger partial charge on any atom is -0.383 e. The molecule has 1 amide bonds. The highest BCUT2D eigenvalue weighted by Crippen LogP contribution is 2.24. The lowest BCUT2D eigenvalue weighted by Gasteiger charge is -2.23.